The summed E-state index contributed by atoms with van der Waals surface area (Å²) in [6, 6.07) is 14.2. The van der Waals surface area contributed by atoms with E-state index in [2.05, 4.69) is 16.9 Å². The first-order chi connectivity index (χ1) is 15.8. The van der Waals surface area contributed by atoms with E-state index in [1.54, 1.807) is 13.0 Å². The Morgan fingerprint density at radius 3 is 2.61 bits per heavy atom. The number of nitrogens with two attached hydrogens (primary N) is 1. The summed E-state index contributed by atoms with van der Waals surface area (Å²) in [6.45, 7) is 4.49. The molecule has 10 heteroatoms. The van der Waals surface area contributed by atoms with E-state index in [0.29, 0.717) is 28.5 Å². The number of benzene rings is 2. The highest BCUT2D eigenvalue weighted by atomic mass is 32.2. The fourth-order valence-corrected chi connectivity index (χ4v) is 5.00. The average molecular weight is 485 g/mol. The molecule has 0 aliphatic carbocycles. The van der Waals surface area contributed by atoms with Gasteiger partial charge in [0.05, 0.1) is 21.6 Å². The molecule has 0 saturated carbocycles. The second-order valence-corrected chi connectivity index (χ2v) is 10.2. The highest BCUT2D eigenvalue weighted by Gasteiger charge is 2.20. The Morgan fingerprint density at radius 1 is 1.15 bits per heavy atom. The van der Waals surface area contributed by atoms with Crippen LogP contribution in [0.2, 0.25) is 0 Å². The van der Waals surface area contributed by atoms with Crippen molar-refractivity contribution in [3.8, 4) is 10.6 Å². The van der Waals surface area contributed by atoms with E-state index in [1.807, 2.05) is 34.9 Å². The molecule has 33 heavy (non-hydrogen) atoms. The van der Waals surface area contributed by atoms with Gasteiger partial charge >= 0.3 is 5.97 Å². The number of hydrogen-bond donors (Lipinski definition) is 1. The van der Waals surface area contributed by atoms with Gasteiger partial charge in [0.25, 0.3) is 0 Å². The molecule has 0 radical (unpaired) electrons. The lowest BCUT2D eigenvalue weighted by Gasteiger charge is -2.09. The number of thiazole rings is 1. The largest absolute Gasteiger partial charge is 0.453 e. The topological polar surface area (TPSA) is 117 Å². The molecule has 8 nitrogen and oxygen atoms in total. The summed E-state index contributed by atoms with van der Waals surface area (Å²) in [5.74, 6) is 0.0790. The molecule has 0 spiro atoms. The fourth-order valence-electron chi connectivity index (χ4n) is 3.50. The van der Waals surface area contributed by atoms with Gasteiger partial charge < -0.3 is 9.30 Å². The van der Waals surface area contributed by atoms with E-state index >= 15 is 0 Å². The SMILES string of the molecule is CCCCn1c(COC(=O)c2sc(-c3ccccc3)nc2C)nc2cc(S(N)(=O)=O)ccc21. The number of aryl methyl sites for hydroxylation is 2. The van der Waals surface area contributed by atoms with Gasteiger partial charge in [0.1, 0.15) is 22.3 Å². The zero-order chi connectivity index (χ0) is 23.6. The lowest BCUT2D eigenvalue weighted by atomic mass is 10.2. The Hall–Kier alpha value is -3.08. The van der Waals surface area contributed by atoms with Crippen LogP contribution in [0.1, 0.15) is 41.0 Å². The number of carbonyl (C=O) groups excluding carboxylic acids is 1. The Labute approximate surface area is 196 Å². The molecule has 0 atom stereocenters. The average Bonchev–Trinajstić information content (AvgIpc) is 3.35. The molecular formula is C23H24N4O4S2. The molecule has 2 heterocycles. The Morgan fingerprint density at radius 2 is 1.91 bits per heavy atom. The maximum absolute atomic E-state index is 12.8. The maximum atomic E-state index is 12.8. The van der Waals surface area contributed by atoms with Crippen LogP contribution < -0.4 is 5.14 Å². The second kappa shape index (κ2) is 9.42. The minimum absolute atomic E-state index is 0.00703. The van der Waals surface area contributed by atoms with Gasteiger partial charge in [0.15, 0.2) is 0 Å². The summed E-state index contributed by atoms with van der Waals surface area (Å²) in [5, 5.41) is 6.01. The molecule has 4 rings (SSSR count). The zero-order valence-corrected chi connectivity index (χ0v) is 19.9. The standard InChI is InChI=1S/C23H24N4O4S2/c1-3-4-12-27-19-11-10-17(33(24,29)30)13-18(19)26-20(27)14-31-23(28)21-15(2)25-22(32-21)16-8-6-5-7-9-16/h5-11,13H,3-4,12,14H2,1-2H3,(H2,24,29,30). The monoisotopic (exact) mass is 484 g/mol. The van der Waals surface area contributed by atoms with E-state index < -0.39 is 16.0 Å². The van der Waals surface area contributed by atoms with Crippen LogP contribution in [0.5, 0.6) is 0 Å². The smallest absolute Gasteiger partial charge is 0.350 e. The highest BCUT2D eigenvalue weighted by Crippen LogP contribution is 2.29. The lowest BCUT2D eigenvalue weighted by Crippen LogP contribution is -2.12. The molecule has 2 N–H and O–H groups in total. The van der Waals surface area contributed by atoms with Crippen molar-refractivity contribution in [3.05, 3.63) is 64.9 Å². The van der Waals surface area contributed by atoms with Crippen LogP contribution in [0.15, 0.2) is 53.4 Å². The molecular weight excluding hydrogens is 460 g/mol. The summed E-state index contributed by atoms with van der Waals surface area (Å²) in [4.78, 5) is 22.3. The first kappa shape index (κ1) is 23.1. The molecule has 0 bridgehead atoms. The Kier molecular flexibility index (Phi) is 6.59. The van der Waals surface area contributed by atoms with Gasteiger partial charge in [-0.2, -0.15) is 0 Å². The van der Waals surface area contributed by atoms with E-state index in [9.17, 15) is 13.2 Å². The van der Waals surface area contributed by atoms with Gasteiger partial charge in [-0.25, -0.2) is 28.3 Å². The third kappa shape index (κ3) is 4.97. The van der Waals surface area contributed by atoms with E-state index in [0.717, 1.165) is 28.9 Å². The third-order valence-corrected chi connectivity index (χ3v) is 7.30. The van der Waals surface area contributed by atoms with Crippen molar-refractivity contribution < 1.29 is 17.9 Å². The molecule has 2 aromatic heterocycles. The molecule has 2 aromatic carbocycles. The molecule has 0 aliphatic rings. The molecule has 0 fully saturated rings. The number of nitrogens with zero attached hydrogens (tertiary/aromatic N) is 3. The summed E-state index contributed by atoms with van der Waals surface area (Å²) >= 11 is 1.29. The second-order valence-electron chi connectivity index (χ2n) is 7.60. The van der Waals surface area contributed by atoms with Crippen molar-refractivity contribution in [1.29, 1.82) is 0 Å². The minimum Gasteiger partial charge on any atom is -0.453 e. The van der Waals surface area contributed by atoms with Gasteiger partial charge in [0, 0.05) is 12.1 Å². The minimum atomic E-state index is -3.84. The molecule has 172 valence electrons. The molecule has 0 saturated heterocycles. The van der Waals surface area contributed by atoms with Gasteiger partial charge in [-0.3, -0.25) is 0 Å². The van der Waals surface area contributed by atoms with Crippen LogP contribution in [-0.2, 0) is 27.9 Å². The fraction of sp³-hybridized carbons (Fsp3) is 0.261. The number of unbranched alkanes of at least 4 members (excludes halogenated alkanes) is 1. The van der Waals surface area contributed by atoms with Crippen LogP contribution in [-0.4, -0.2) is 28.9 Å². The number of rotatable bonds is 8. The van der Waals surface area contributed by atoms with Crippen LogP contribution in [0.4, 0.5) is 0 Å². The van der Waals surface area contributed by atoms with Crippen LogP contribution in [0.25, 0.3) is 21.6 Å². The quantitative estimate of drug-likeness (QED) is 0.373. The van der Waals surface area contributed by atoms with Crippen molar-refractivity contribution in [2.75, 3.05) is 0 Å². The van der Waals surface area contributed by atoms with E-state index in [1.165, 1.54) is 23.5 Å². The number of sulfonamides is 1. The van der Waals surface area contributed by atoms with Crippen LogP contribution in [0, 0.1) is 6.92 Å². The summed E-state index contributed by atoms with van der Waals surface area (Å²) < 4.78 is 31.0. The third-order valence-electron chi connectivity index (χ3n) is 5.20. The van der Waals surface area contributed by atoms with Crippen LogP contribution in [0.3, 0.4) is 0 Å². The van der Waals surface area contributed by atoms with E-state index in [4.69, 9.17) is 9.88 Å². The summed E-state index contributed by atoms with van der Waals surface area (Å²) in [7, 11) is -3.84. The lowest BCUT2D eigenvalue weighted by molar-refractivity contribution is 0.0463. The van der Waals surface area contributed by atoms with E-state index in [-0.39, 0.29) is 11.5 Å². The first-order valence-corrected chi connectivity index (χ1v) is 12.9. The Bertz CT molecular complexity index is 1410. The number of carbonyl (C=O) groups is 1. The van der Waals surface area contributed by atoms with Crippen molar-refractivity contribution in [2.24, 2.45) is 5.14 Å². The number of fused-ring (bicyclic) bond motifs is 1. The van der Waals surface area contributed by atoms with Crippen LogP contribution >= 0.6 is 11.3 Å². The molecule has 0 aliphatic heterocycles. The van der Waals surface area contributed by atoms with Crippen molar-refractivity contribution in [2.45, 2.75) is 44.7 Å². The molecule has 4 aromatic rings. The number of primary sulfonamides is 1. The van der Waals surface area contributed by atoms with Gasteiger partial charge in [0.2, 0.25) is 10.0 Å². The zero-order valence-electron chi connectivity index (χ0n) is 18.3. The number of ether oxygens (including phenoxy) is 1. The maximum Gasteiger partial charge on any atom is 0.350 e. The number of hydrogen-bond acceptors (Lipinski definition) is 7. The predicted octanol–water partition coefficient (Wildman–Crippen LogP) is 4.27. The van der Waals surface area contributed by atoms with Gasteiger partial charge in [-0.15, -0.1) is 11.3 Å². The van der Waals surface area contributed by atoms with Crippen molar-refractivity contribution in [1.82, 2.24) is 14.5 Å². The van der Waals surface area contributed by atoms with Crippen molar-refractivity contribution >= 4 is 38.4 Å². The summed E-state index contributed by atoms with van der Waals surface area (Å²) in [6.07, 6.45) is 1.87. The molecule has 0 unspecified atom stereocenters. The van der Waals surface area contributed by atoms with Gasteiger partial charge in [-0.1, -0.05) is 43.7 Å². The molecule has 0 amide bonds. The highest BCUT2D eigenvalue weighted by molar-refractivity contribution is 7.89. The first-order valence-electron chi connectivity index (χ1n) is 10.5. The normalized spacial score (nSPS) is 11.7. The Balaban J connectivity index is 1.59. The predicted molar refractivity (Wildman–Crippen MR) is 127 cm³/mol. The van der Waals surface area contributed by atoms with Gasteiger partial charge in [-0.05, 0) is 31.5 Å². The number of imidazole rings is 1. The number of esters is 1. The number of aromatic nitrogens is 3. The van der Waals surface area contributed by atoms with Crippen molar-refractivity contribution in [3.63, 3.8) is 0 Å². The summed E-state index contributed by atoms with van der Waals surface area (Å²) in [5.41, 5.74) is 2.81.